The van der Waals surface area contributed by atoms with E-state index in [9.17, 15) is 19.6 Å². The number of nitrogens with one attached hydrogen (secondary N) is 3. The highest BCUT2D eigenvalue weighted by Crippen LogP contribution is 2.28. The maximum atomic E-state index is 14.1. The van der Waals surface area contributed by atoms with Crippen molar-refractivity contribution in [3.8, 4) is 12.1 Å². The summed E-state index contributed by atoms with van der Waals surface area (Å²) >= 11 is 6.18. The normalized spacial score (nSPS) is 11.6. The van der Waals surface area contributed by atoms with Crippen LogP contribution >= 0.6 is 11.6 Å². The van der Waals surface area contributed by atoms with Gasteiger partial charge in [0, 0.05) is 24.1 Å². The Morgan fingerprint density at radius 3 is 2.54 bits per heavy atom. The highest BCUT2D eigenvalue weighted by atomic mass is 35.5. The monoisotopic (exact) mass is 493 g/mol. The molecule has 1 amide bonds. The Bertz CT molecular complexity index is 1330. The molecule has 0 saturated heterocycles. The van der Waals surface area contributed by atoms with E-state index in [0.717, 1.165) is 0 Å². The van der Waals surface area contributed by atoms with Crippen LogP contribution in [0.5, 0.6) is 0 Å². The van der Waals surface area contributed by atoms with Gasteiger partial charge >= 0.3 is 0 Å². The SMILES string of the molecule is CC(C)(O)C(F)CNC(=O)c1cnc(Nc2ncc(C#N)cc2Cl)cc1Nc1cccc(C#N)c1. The molecular formula is C24H21ClFN7O2. The van der Waals surface area contributed by atoms with Crippen LogP contribution in [0.4, 0.5) is 27.4 Å². The van der Waals surface area contributed by atoms with Gasteiger partial charge in [0.05, 0.1) is 45.6 Å². The average Bonchev–Trinajstić information content (AvgIpc) is 2.83. The molecule has 1 unspecified atom stereocenters. The lowest BCUT2D eigenvalue weighted by Crippen LogP contribution is -2.42. The van der Waals surface area contributed by atoms with Gasteiger partial charge in [-0.05, 0) is 38.1 Å². The maximum Gasteiger partial charge on any atom is 0.255 e. The minimum Gasteiger partial charge on any atom is -0.387 e. The summed E-state index contributed by atoms with van der Waals surface area (Å²) in [6.07, 6.45) is 0.940. The molecule has 0 aliphatic heterocycles. The van der Waals surface area contributed by atoms with Gasteiger partial charge in [-0.15, -0.1) is 0 Å². The molecule has 3 aromatic rings. The van der Waals surface area contributed by atoms with Crippen molar-refractivity contribution < 1.29 is 14.3 Å². The van der Waals surface area contributed by atoms with Crippen LogP contribution in [0, 0.1) is 22.7 Å². The van der Waals surface area contributed by atoms with Crippen molar-refractivity contribution >= 4 is 40.5 Å². The van der Waals surface area contributed by atoms with E-state index >= 15 is 0 Å². The minimum absolute atomic E-state index is 0.0970. The first kappa shape index (κ1) is 25.4. The predicted octanol–water partition coefficient (Wildman–Crippen LogP) is 4.20. The van der Waals surface area contributed by atoms with Gasteiger partial charge in [0.25, 0.3) is 5.91 Å². The number of amides is 1. The summed E-state index contributed by atoms with van der Waals surface area (Å²) in [5, 5.41) is 36.6. The Labute approximate surface area is 206 Å². The zero-order valence-corrected chi connectivity index (χ0v) is 19.6. The Morgan fingerprint density at radius 2 is 1.89 bits per heavy atom. The molecule has 0 radical (unpaired) electrons. The molecule has 0 spiro atoms. The van der Waals surface area contributed by atoms with E-state index in [-0.39, 0.29) is 27.8 Å². The fourth-order valence-corrected chi connectivity index (χ4v) is 3.08. The first-order valence-electron chi connectivity index (χ1n) is 10.3. The van der Waals surface area contributed by atoms with Crippen molar-refractivity contribution in [3.05, 3.63) is 70.5 Å². The third-order valence-electron chi connectivity index (χ3n) is 4.84. The lowest BCUT2D eigenvalue weighted by molar-refractivity contribution is -0.00177. The second-order valence-electron chi connectivity index (χ2n) is 8.06. The summed E-state index contributed by atoms with van der Waals surface area (Å²) in [7, 11) is 0. The number of rotatable bonds is 8. The second kappa shape index (κ2) is 10.8. The van der Waals surface area contributed by atoms with E-state index in [0.29, 0.717) is 16.9 Å². The summed E-state index contributed by atoms with van der Waals surface area (Å²) in [4.78, 5) is 21.2. The van der Waals surface area contributed by atoms with Crippen LogP contribution in [0.1, 0.15) is 35.3 Å². The van der Waals surface area contributed by atoms with E-state index in [1.54, 1.807) is 24.3 Å². The number of hydrogen-bond donors (Lipinski definition) is 4. The van der Waals surface area contributed by atoms with E-state index in [4.69, 9.17) is 16.9 Å². The minimum atomic E-state index is -1.69. The molecule has 9 nitrogen and oxygen atoms in total. The molecule has 4 N–H and O–H groups in total. The summed E-state index contributed by atoms with van der Waals surface area (Å²) in [6.45, 7) is 2.21. The van der Waals surface area contributed by atoms with Gasteiger partial charge < -0.3 is 21.1 Å². The smallest absolute Gasteiger partial charge is 0.255 e. The van der Waals surface area contributed by atoms with Crippen LogP contribution in [0.15, 0.2) is 48.8 Å². The van der Waals surface area contributed by atoms with Gasteiger partial charge in [0.1, 0.15) is 23.9 Å². The van der Waals surface area contributed by atoms with Crippen LogP contribution in [-0.4, -0.2) is 39.3 Å². The highest BCUT2D eigenvalue weighted by Gasteiger charge is 2.27. The number of benzene rings is 1. The van der Waals surface area contributed by atoms with Crippen molar-refractivity contribution in [2.45, 2.75) is 25.6 Å². The number of nitriles is 2. The molecule has 35 heavy (non-hydrogen) atoms. The van der Waals surface area contributed by atoms with Gasteiger partial charge in [0.15, 0.2) is 0 Å². The third-order valence-corrected chi connectivity index (χ3v) is 5.13. The number of aromatic nitrogens is 2. The predicted molar refractivity (Wildman–Crippen MR) is 129 cm³/mol. The molecule has 0 aliphatic carbocycles. The molecular weight excluding hydrogens is 473 g/mol. The summed E-state index contributed by atoms with van der Waals surface area (Å²) in [6, 6.07) is 13.6. The molecule has 1 atom stereocenters. The Morgan fingerprint density at radius 1 is 1.14 bits per heavy atom. The number of anilines is 4. The first-order valence-corrected chi connectivity index (χ1v) is 10.7. The first-order chi connectivity index (χ1) is 16.6. The van der Waals surface area contributed by atoms with Gasteiger partial charge in [-0.3, -0.25) is 4.79 Å². The zero-order chi connectivity index (χ0) is 25.6. The third kappa shape index (κ3) is 6.64. The number of carbonyl (C=O) groups is 1. The fourth-order valence-electron chi connectivity index (χ4n) is 2.87. The van der Waals surface area contributed by atoms with Gasteiger partial charge in [-0.2, -0.15) is 10.5 Å². The summed E-state index contributed by atoms with van der Waals surface area (Å²) in [5.41, 5.74) is 0.0127. The molecule has 0 aliphatic rings. The highest BCUT2D eigenvalue weighted by molar-refractivity contribution is 6.33. The maximum absolute atomic E-state index is 14.1. The lowest BCUT2D eigenvalue weighted by atomic mass is 10.0. The van der Waals surface area contributed by atoms with Gasteiger partial charge in [0.2, 0.25) is 0 Å². The molecule has 178 valence electrons. The van der Waals surface area contributed by atoms with Crippen molar-refractivity contribution in [2.75, 3.05) is 17.2 Å². The second-order valence-corrected chi connectivity index (χ2v) is 8.46. The summed E-state index contributed by atoms with van der Waals surface area (Å²) < 4.78 is 14.1. The van der Waals surface area contributed by atoms with Crippen molar-refractivity contribution in [1.29, 1.82) is 10.5 Å². The van der Waals surface area contributed by atoms with E-state index in [1.807, 2.05) is 12.1 Å². The Hall–Kier alpha value is -4.25. The van der Waals surface area contributed by atoms with Gasteiger partial charge in [-0.25, -0.2) is 14.4 Å². The van der Waals surface area contributed by atoms with Crippen LogP contribution in [0.25, 0.3) is 0 Å². The van der Waals surface area contributed by atoms with Crippen LogP contribution < -0.4 is 16.0 Å². The van der Waals surface area contributed by atoms with E-state index in [2.05, 4.69) is 25.9 Å². The van der Waals surface area contributed by atoms with Crippen LogP contribution in [-0.2, 0) is 0 Å². The largest absolute Gasteiger partial charge is 0.387 e. The fraction of sp³-hybridized carbons (Fsp3) is 0.208. The Balaban J connectivity index is 1.92. The molecule has 0 fully saturated rings. The van der Waals surface area contributed by atoms with Crippen LogP contribution in [0.2, 0.25) is 5.02 Å². The lowest BCUT2D eigenvalue weighted by Gasteiger charge is -2.22. The zero-order valence-electron chi connectivity index (χ0n) is 18.8. The van der Waals surface area contributed by atoms with Crippen molar-refractivity contribution in [3.63, 3.8) is 0 Å². The molecule has 3 rings (SSSR count). The molecule has 0 saturated carbocycles. The molecule has 1 aromatic carbocycles. The summed E-state index contributed by atoms with van der Waals surface area (Å²) in [5.74, 6) is -0.0953. The van der Waals surface area contributed by atoms with Crippen LogP contribution in [0.3, 0.4) is 0 Å². The van der Waals surface area contributed by atoms with Crippen molar-refractivity contribution in [2.24, 2.45) is 0 Å². The molecule has 2 aromatic heterocycles. The average molecular weight is 494 g/mol. The molecule has 11 heteroatoms. The Kier molecular flexibility index (Phi) is 7.82. The topological polar surface area (TPSA) is 147 Å². The number of halogens is 2. The molecule has 2 heterocycles. The quantitative estimate of drug-likeness (QED) is 0.365. The number of nitrogens with zero attached hydrogens (tertiary/aromatic N) is 4. The standard InChI is InChI=1S/C24H21ClFN7O2/c1-24(2,35)20(26)13-31-23(34)17-12-29-21(33-22-18(25)7-15(10-28)11-30-22)8-19(17)32-16-5-3-4-14(6-16)9-27/h3-8,11-12,20,35H,13H2,1-2H3,(H,31,34)(H2,29,30,32,33). The van der Waals surface area contributed by atoms with Gasteiger partial charge in [-0.1, -0.05) is 17.7 Å². The van der Waals surface area contributed by atoms with Crippen molar-refractivity contribution in [1.82, 2.24) is 15.3 Å². The number of carbonyl (C=O) groups excluding carboxylic acids is 1. The van der Waals surface area contributed by atoms with E-state index < -0.39 is 24.2 Å². The number of alkyl halides is 1. The number of pyridine rings is 2. The van der Waals surface area contributed by atoms with E-state index in [1.165, 1.54) is 38.4 Å². The number of aliphatic hydroxyl groups is 1. The molecule has 0 bridgehead atoms. The number of hydrogen-bond acceptors (Lipinski definition) is 8.